The molecular formula is C13H21NO2. The maximum absolute atomic E-state index is 10.0. The van der Waals surface area contributed by atoms with E-state index in [0.717, 1.165) is 12.1 Å². The predicted molar refractivity (Wildman–Crippen MR) is 65.4 cm³/mol. The molecule has 2 unspecified atom stereocenters. The van der Waals surface area contributed by atoms with Crippen molar-refractivity contribution in [3.63, 3.8) is 0 Å². The summed E-state index contributed by atoms with van der Waals surface area (Å²) in [5.41, 5.74) is 0.903. The standard InChI is InChI=1S/C13H21NO2/c1-11(16-10-9-14(2)3)13(15)12-7-5-4-6-8-12/h4-8,11,13,15H,9-10H2,1-3H3. The largest absolute Gasteiger partial charge is 0.386 e. The maximum atomic E-state index is 10.0. The third-order valence-corrected chi connectivity index (χ3v) is 2.50. The van der Waals surface area contributed by atoms with E-state index in [1.54, 1.807) is 0 Å². The Bertz CT molecular complexity index is 287. The van der Waals surface area contributed by atoms with E-state index in [9.17, 15) is 5.11 Å². The van der Waals surface area contributed by atoms with Crippen LogP contribution in [0.4, 0.5) is 0 Å². The molecule has 0 aromatic heterocycles. The van der Waals surface area contributed by atoms with Crippen LogP contribution < -0.4 is 0 Å². The van der Waals surface area contributed by atoms with Gasteiger partial charge in [0.15, 0.2) is 0 Å². The second kappa shape index (κ2) is 6.63. The summed E-state index contributed by atoms with van der Waals surface area (Å²) in [6, 6.07) is 9.61. The molecule has 3 heteroatoms. The molecule has 0 aliphatic carbocycles. The highest BCUT2D eigenvalue weighted by atomic mass is 16.5. The number of likely N-dealkylation sites (N-methyl/N-ethyl adjacent to an activating group) is 1. The average Bonchev–Trinajstić information content (AvgIpc) is 2.28. The molecule has 3 nitrogen and oxygen atoms in total. The van der Waals surface area contributed by atoms with Gasteiger partial charge in [0.1, 0.15) is 6.10 Å². The second-order valence-corrected chi connectivity index (χ2v) is 4.23. The molecular weight excluding hydrogens is 202 g/mol. The van der Waals surface area contributed by atoms with Crippen LogP contribution in [0.25, 0.3) is 0 Å². The Hall–Kier alpha value is -0.900. The smallest absolute Gasteiger partial charge is 0.105 e. The summed E-state index contributed by atoms with van der Waals surface area (Å²) in [5.74, 6) is 0. The van der Waals surface area contributed by atoms with Gasteiger partial charge in [0, 0.05) is 6.54 Å². The highest BCUT2D eigenvalue weighted by Gasteiger charge is 2.16. The summed E-state index contributed by atoms with van der Waals surface area (Å²) < 4.78 is 5.58. The van der Waals surface area contributed by atoms with Crippen LogP contribution in [0, 0.1) is 0 Å². The molecule has 0 aliphatic heterocycles. The summed E-state index contributed by atoms with van der Waals surface area (Å²) in [6.45, 7) is 3.40. The molecule has 0 saturated carbocycles. The molecule has 16 heavy (non-hydrogen) atoms. The minimum absolute atomic E-state index is 0.178. The van der Waals surface area contributed by atoms with E-state index >= 15 is 0 Å². The van der Waals surface area contributed by atoms with Crippen molar-refractivity contribution in [2.75, 3.05) is 27.2 Å². The lowest BCUT2D eigenvalue weighted by Crippen LogP contribution is -2.24. The second-order valence-electron chi connectivity index (χ2n) is 4.23. The molecule has 1 aromatic carbocycles. The number of benzene rings is 1. The lowest BCUT2D eigenvalue weighted by Gasteiger charge is -2.20. The van der Waals surface area contributed by atoms with Gasteiger partial charge in [-0.05, 0) is 26.6 Å². The SMILES string of the molecule is CC(OCCN(C)C)C(O)c1ccccc1. The van der Waals surface area contributed by atoms with Crippen LogP contribution in [-0.4, -0.2) is 43.4 Å². The van der Waals surface area contributed by atoms with Crippen LogP contribution in [0.2, 0.25) is 0 Å². The summed E-state index contributed by atoms with van der Waals surface area (Å²) in [6.07, 6.45) is -0.731. The van der Waals surface area contributed by atoms with Crippen molar-refractivity contribution in [1.29, 1.82) is 0 Å². The number of aliphatic hydroxyl groups is 1. The Labute approximate surface area is 97.7 Å². The zero-order chi connectivity index (χ0) is 12.0. The van der Waals surface area contributed by atoms with Gasteiger partial charge in [-0.3, -0.25) is 0 Å². The first kappa shape index (κ1) is 13.2. The van der Waals surface area contributed by atoms with Crippen LogP contribution in [-0.2, 0) is 4.74 Å². The van der Waals surface area contributed by atoms with Crippen LogP contribution in [0.5, 0.6) is 0 Å². The zero-order valence-electron chi connectivity index (χ0n) is 10.3. The van der Waals surface area contributed by atoms with Gasteiger partial charge in [0.25, 0.3) is 0 Å². The molecule has 0 radical (unpaired) electrons. The molecule has 1 aromatic rings. The molecule has 2 atom stereocenters. The van der Waals surface area contributed by atoms with Crippen molar-refractivity contribution in [1.82, 2.24) is 4.90 Å². The molecule has 0 spiro atoms. The number of ether oxygens (including phenoxy) is 1. The monoisotopic (exact) mass is 223 g/mol. The lowest BCUT2D eigenvalue weighted by atomic mass is 10.1. The van der Waals surface area contributed by atoms with Crippen molar-refractivity contribution >= 4 is 0 Å². The van der Waals surface area contributed by atoms with Crippen molar-refractivity contribution in [3.8, 4) is 0 Å². The quantitative estimate of drug-likeness (QED) is 0.796. The van der Waals surface area contributed by atoms with E-state index in [1.165, 1.54) is 0 Å². The molecule has 0 amide bonds. The van der Waals surface area contributed by atoms with Gasteiger partial charge in [-0.2, -0.15) is 0 Å². The summed E-state index contributed by atoms with van der Waals surface area (Å²) in [4.78, 5) is 2.06. The molecule has 0 bridgehead atoms. The van der Waals surface area contributed by atoms with Crippen molar-refractivity contribution < 1.29 is 9.84 Å². The van der Waals surface area contributed by atoms with Gasteiger partial charge >= 0.3 is 0 Å². The molecule has 0 aliphatic rings. The molecule has 1 rings (SSSR count). The van der Waals surface area contributed by atoms with E-state index in [0.29, 0.717) is 6.61 Å². The lowest BCUT2D eigenvalue weighted by molar-refractivity contribution is -0.0315. The first-order valence-electron chi connectivity index (χ1n) is 5.60. The first-order chi connectivity index (χ1) is 7.61. The normalized spacial score (nSPS) is 15.1. The van der Waals surface area contributed by atoms with Gasteiger partial charge in [-0.15, -0.1) is 0 Å². The zero-order valence-corrected chi connectivity index (χ0v) is 10.3. The van der Waals surface area contributed by atoms with E-state index < -0.39 is 6.10 Å². The average molecular weight is 223 g/mol. The van der Waals surface area contributed by atoms with Crippen molar-refractivity contribution in [3.05, 3.63) is 35.9 Å². The highest BCUT2D eigenvalue weighted by Crippen LogP contribution is 2.18. The van der Waals surface area contributed by atoms with E-state index in [4.69, 9.17) is 4.74 Å². The van der Waals surface area contributed by atoms with E-state index in [2.05, 4.69) is 4.90 Å². The van der Waals surface area contributed by atoms with Crippen LogP contribution in [0.15, 0.2) is 30.3 Å². The summed E-state index contributed by atoms with van der Waals surface area (Å²) in [5, 5.41) is 10.0. The van der Waals surface area contributed by atoms with Gasteiger partial charge in [0.2, 0.25) is 0 Å². The predicted octanol–water partition coefficient (Wildman–Crippen LogP) is 1.69. The molecule has 1 N–H and O–H groups in total. The van der Waals surface area contributed by atoms with E-state index in [1.807, 2.05) is 51.4 Å². The van der Waals surface area contributed by atoms with Gasteiger partial charge in [0.05, 0.1) is 12.7 Å². The fraction of sp³-hybridized carbons (Fsp3) is 0.538. The Morgan fingerprint density at radius 1 is 1.25 bits per heavy atom. The third kappa shape index (κ3) is 4.31. The topological polar surface area (TPSA) is 32.7 Å². The Kier molecular flexibility index (Phi) is 5.46. The van der Waals surface area contributed by atoms with Crippen LogP contribution >= 0.6 is 0 Å². The fourth-order valence-corrected chi connectivity index (χ4v) is 1.43. The number of aliphatic hydroxyl groups excluding tert-OH is 1. The highest BCUT2D eigenvalue weighted by molar-refractivity contribution is 5.18. The minimum Gasteiger partial charge on any atom is -0.386 e. The number of hydrogen-bond donors (Lipinski definition) is 1. The Morgan fingerprint density at radius 2 is 1.88 bits per heavy atom. The number of rotatable bonds is 6. The molecule has 0 heterocycles. The summed E-state index contributed by atoms with van der Waals surface area (Å²) >= 11 is 0. The summed E-state index contributed by atoms with van der Waals surface area (Å²) in [7, 11) is 4.00. The van der Waals surface area contributed by atoms with Crippen LogP contribution in [0.3, 0.4) is 0 Å². The molecule has 0 fully saturated rings. The minimum atomic E-state index is -0.552. The fourth-order valence-electron chi connectivity index (χ4n) is 1.43. The maximum Gasteiger partial charge on any atom is 0.105 e. The van der Waals surface area contributed by atoms with Gasteiger partial charge < -0.3 is 14.7 Å². The van der Waals surface area contributed by atoms with Gasteiger partial charge in [-0.25, -0.2) is 0 Å². The molecule has 0 saturated heterocycles. The van der Waals surface area contributed by atoms with Crippen LogP contribution in [0.1, 0.15) is 18.6 Å². The first-order valence-corrected chi connectivity index (χ1v) is 5.60. The van der Waals surface area contributed by atoms with Crippen molar-refractivity contribution in [2.24, 2.45) is 0 Å². The van der Waals surface area contributed by atoms with Gasteiger partial charge in [-0.1, -0.05) is 30.3 Å². The van der Waals surface area contributed by atoms with E-state index in [-0.39, 0.29) is 6.10 Å². The van der Waals surface area contributed by atoms with Crippen molar-refractivity contribution in [2.45, 2.75) is 19.1 Å². The number of nitrogens with zero attached hydrogens (tertiary/aromatic N) is 1. The third-order valence-electron chi connectivity index (χ3n) is 2.50. The molecule has 90 valence electrons. The Morgan fingerprint density at radius 3 is 2.44 bits per heavy atom. The number of hydrogen-bond acceptors (Lipinski definition) is 3. The Balaban J connectivity index is 2.39.